The van der Waals surface area contributed by atoms with E-state index in [1.54, 1.807) is 19.1 Å². The summed E-state index contributed by atoms with van der Waals surface area (Å²) in [6, 6.07) is 3.53. The molecule has 156 valence electrons. The molecular weight excluding hydrogens is 376 g/mol. The van der Waals surface area contributed by atoms with Gasteiger partial charge in [0.2, 0.25) is 5.91 Å². The Bertz CT molecular complexity index is 887. The molecule has 2 aromatic rings. The second kappa shape index (κ2) is 7.76. The summed E-state index contributed by atoms with van der Waals surface area (Å²) in [5, 5.41) is 16.6. The minimum absolute atomic E-state index is 0.0685. The topological polar surface area (TPSA) is 125 Å². The van der Waals surface area contributed by atoms with E-state index >= 15 is 0 Å². The smallest absolute Gasteiger partial charge is 0.407 e. The number of hydrogen-bond donors (Lipinski definition) is 3. The van der Waals surface area contributed by atoms with Crippen molar-refractivity contribution in [1.82, 2.24) is 20.7 Å². The third-order valence-electron chi connectivity index (χ3n) is 5.31. The van der Waals surface area contributed by atoms with Crippen molar-refractivity contribution in [3.05, 3.63) is 23.6 Å². The first kappa shape index (κ1) is 19.3. The zero-order chi connectivity index (χ0) is 20.4. The summed E-state index contributed by atoms with van der Waals surface area (Å²) >= 11 is 0. The van der Waals surface area contributed by atoms with Crippen LogP contribution in [0, 0.1) is 12.8 Å². The standard InChI is InChI=1S/C19H26N6O4/c1-12-7-14(29-24-12)8-17(26)20-15-9-16(23-22-15)25-6-3-13(10-25)11-28-18(27)21-19(2)4-5-19/h7,9,13H,3-6,8,10-11H2,1-2H3,(H,21,27)(H2,20,22,23,26)/t13-/m1/s1. The van der Waals surface area contributed by atoms with Gasteiger partial charge in [0, 0.05) is 36.7 Å². The van der Waals surface area contributed by atoms with Gasteiger partial charge in [0.25, 0.3) is 0 Å². The Balaban J connectivity index is 1.22. The number of H-pyrrole nitrogens is 1. The van der Waals surface area contributed by atoms with Gasteiger partial charge >= 0.3 is 6.09 Å². The first-order chi connectivity index (χ1) is 13.9. The van der Waals surface area contributed by atoms with Crippen LogP contribution in [0.1, 0.15) is 37.6 Å². The molecule has 0 spiro atoms. The molecule has 2 aliphatic rings. The molecule has 0 unspecified atom stereocenters. The van der Waals surface area contributed by atoms with Crippen molar-refractivity contribution >= 4 is 23.6 Å². The monoisotopic (exact) mass is 402 g/mol. The van der Waals surface area contributed by atoms with Crippen LogP contribution < -0.4 is 15.5 Å². The third-order valence-corrected chi connectivity index (χ3v) is 5.31. The number of ether oxygens (including phenoxy) is 1. The number of alkyl carbamates (subject to hydrolysis) is 1. The number of nitrogens with one attached hydrogen (secondary N) is 3. The number of hydrogen-bond acceptors (Lipinski definition) is 7. The average Bonchev–Trinajstić information content (AvgIpc) is 3.08. The highest BCUT2D eigenvalue weighted by atomic mass is 16.5. The minimum Gasteiger partial charge on any atom is -0.449 e. The number of amides is 2. The van der Waals surface area contributed by atoms with Gasteiger partial charge in [-0.05, 0) is 33.1 Å². The van der Waals surface area contributed by atoms with E-state index in [1.165, 1.54) is 0 Å². The Morgan fingerprint density at radius 2 is 2.24 bits per heavy atom. The van der Waals surface area contributed by atoms with Crippen LogP contribution in [0.25, 0.3) is 0 Å². The van der Waals surface area contributed by atoms with E-state index in [9.17, 15) is 9.59 Å². The molecule has 2 aromatic heterocycles. The van der Waals surface area contributed by atoms with Crippen LogP contribution in [0.4, 0.5) is 16.4 Å². The lowest BCUT2D eigenvalue weighted by Gasteiger charge is -2.16. The second-order valence-corrected chi connectivity index (χ2v) is 8.18. The first-order valence-corrected chi connectivity index (χ1v) is 9.86. The van der Waals surface area contributed by atoms with Crippen LogP contribution in [-0.4, -0.2) is 52.6 Å². The van der Waals surface area contributed by atoms with Crippen LogP contribution in [0.5, 0.6) is 0 Å². The van der Waals surface area contributed by atoms with Gasteiger partial charge in [-0.15, -0.1) is 0 Å². The molecule has 29 heavy (non-hydrogen) atoms. The summed E-state index contributed by atoms with van der Waals surface area (Å²) in [5.74, 6) is 1.85. The number of carbonyl (C=O) groups is 2. The van der Waals surface area contributed by atoms with Crippen molar-refractivity contribution in [2.75, 3.05) is 29.9 Å². The van der Waals surface area contributed by atoms with Crippen molar-refractivity contribution in [2.24, 2.45) is 5.92 Å². The van der Waals surface area contributed by atoms with Gasteiger partial charge in [0.05, 0.1) is 18.7 Å². The first-order valence-electron chi connectivity index (χ1n) is 9.86. The van der Waals surface area contributed by atoms with E-state index in [-0.39, 0.29) is 29.9 Å². The van der Waals surface area contributed by atoms with Gasteiger partial charge < -0.3 is 24.8 Å². The fraction of sp³-hybridized carbons (Fsp3) is 0.579. The summed E-state index contributed by atoms with van der Waals surface area (Å²) in [4.78, 5) is 26.1. The molecule has 10 nitrogen and oxygen atoms in total. The molecule has 3 N–H and O–H groups in total. The highest BCUT2D eigenvalue weighted by Crippen LogP contribution is 2.34. The lowest BCUT2D eigenvalue weighted by molar-refractivity contribution is -0.115. The molecule has 0 radical (unpaired) electrons. The Hall–Kier alpha value is -3.04. The van der Waals surface area contributed by atoms with Crippen molar-refractivity contribution in [3.63, 3.8) is 0 Å². The minimum atomic E-state index is -0.338. The molecule has 4 rings (SSSR count). The molecule has 1 atom stereocenters. The average molecular weight is 402 g/mol. The maximum atomic E-state index is 12.1. The zero-order valence-electron chi connectivity index (χ0n) is 16.7. The summed E-state index contributed by atoms with van der Waals surface area (Å²) in [7, 11) is 0. The number of nitrogens with zero attached hydrogens (tertiary/aromatic N) is 3. The van der Waals surface area contributed by atoms with Crippen molar-refractivity contribution in [3.8, 4) is 0 Å². The van der Waals surface area contributed by atoms with Crippen molar-refractivity contribution in [2.45, 2.75) is 45.1 Å². The normalized spacial score (nSPS) is 19.8. The van der Waals surface area contributed by atoms with Gasteiger partial charge in [-0.25, -0.2) is 4.79 Å². The quantitative estimate of drug-likeness (QED) is 0.647. The largest absolute Gasteiger partial charge is 0.449 e. The van der Waals surface area contributed by atoms with Crippen LogP contribution in [-0.2, 0) is 16.0 Å². The van der Waals surface area contributed by atoms with E-state index < -0.39 is 0 Å². The molecule has 1 aliphatic carbocycles. The fourth-order valence-corrected chi connectivity index (χ4v) is 3.35. The summed E-state index contributed by atoms with van der Waals surface area (Å²) in [6.07, 6.45) is 2.71. The zero-order valence-corrected chi connectivity index (χ0v) is 16.7. The maximum absolute atomic E-state index is 12.1. The maximum Gasteiger partial charge on any atom is 0.407 e. The van der Waals surface area contributed by atoms with E-state index in [0.29, 0.717) is 18.2 Å². The van der Waals surface area contributed by atoms with Gasteiger partial charge in [-0.2, -0.15) is 5.10 Å². The summed E-state index contributed by atoms with van der Waals surface area (Å²) in [5.41, 5.74) is 0.671. The van der Waals surface area contributed by atoms with Crippen molar-refractivity contribution < 1.29 is 18.8 Å². The van der Waals surface area contributed by atoms with Crippen molar-refractivity contribution in [1.29, 1.82) is 0 Å². The number of rotatable bonds is 7. The van der Waals surface area contributed by atoms with Crippen LogP contribution in [0.3, 0.4) is 0 Å². The van der Waals surface area contributed by atoms with Gasteiger partial charge in [-0.3, -0.25) is 9.89 Å². The van der Waals surface area contributed by atoms with E-state index in [4.69, 9.17) is 9.26 Å². The Kier molecular flexibility index (Phi) is 5.16. The Morgan fingerprint density at radius 3 is 2.97 bits per heavy atom. The number of aromatic amines is 1. The highest BCUT2D eigenvalue weighted by molar-refractivity contribution is 5.91. The molecule has 3 heterocycles. The molecule has 0 aromatic carbocycles. The number of carbonyl (C=O) groups excluding carboxylic acids is 2. The molecule has 10 heteroatoms. The third kappa shape index (κ3) is 5.07. The SMILES string of the molecule is Cc1cc(CC(=O)Nc2cc(N3CC[C@@H](COC(=O)NC4(C)CC4)C3)n[nH]2)on1. The lowest BCUT2D eigenvalue weighted by Crippen LogP contribution is -2.35. The lowest BCUT2D eigenvalue weighted by atomic mass is 10.1. The van der Waals surface area contributed by atoms with E-state index in [1.807, 2.05) is 6.92 Å². The molecule has 0 bridgehead atoms. The molecule has 1 saturated heterocycles. The summed E-state index contributed by atoms with van der Waals surface area (Å²) in [6.45, 7) is 5.79. The predicted octanol–water partition coefficient (Wildman–Crippen LogP) is 1.99. The predicted molar refractivity (Wildman–Crippen MR) is 105 cm³/mol. The molecular formula is C19H26N6O4. The molecule has 2 fully saturated rings. The van der Waals surface area contributed by atoms with E-state index in [0.717, 1.165) is 43.9 Å². The van der Waals surface area contributed by atoms with E-state index in [2.05, 4.69) is 30.9 Å². The van der Waals surface area contributed by atoms with Gasteiger partial charge in [-0.1, -0.05) is 5.16 Å². The second-order valence-electron chi connectivity index (χ2n) is 8.18. The Labute approximate surface area is 168 Å². The number of anilines is 2. The molecule has 1 saturated carbocycles. The number of aromatic nitrogens is 3. The van der Waals surface area contributed by atoms with Gasteiger partial charge in [0.1, 0.15) is 11.6 Å². The Morgan fingerprint density at radius 1 is 1.41 bits per heavy atom. The molecule has 2 amide bonds. The molecule has 1 aliphatic heterocycles. The fourth-order valence-electron chi connectivity index (χ4n) is 3.35. The number of aryl methyl sites for hydroxylation is 1. The summed E-state index contributed by atoms with van der Waals surface area (Å²) < 4.78 is 10.4. The van der Waals surface area contributed by atoms with Crippen LogP contribution in [0.2, 0.25) is 0 Å². The highest BCUT2D eigenvalue weighted by Gasteiger charge is 2.39. The van der Waals surface area contributed by atoms with Crippen LogP contribution in [0.15, 0.2) is 16.7 Å². The van der Waals surface area contributed by atoms with Gasteiger partial charge in [0.15, 0.2) is 5.82 Å². The van der Waals surface area contributed by atoms with Crippen LogP contribution >= 0.6 is 0 Å².